The van der Waals surface area contributed by atoms with Crippen LogP contribution in [0, 0.1) is 5.41 Å². The van der Waals surface area contributed by atoms with Crippen LogP contribution in [0.5, 0.6) is 5.75 Å². The fraction of sp³-hybridized carbons (Fsp3) is 0.417. The van der Waals surface area contributed by atoms with Crippen molar-refractivity contribution < 1.29 is 9.47 Å². The van der Waals surface area contributed by atoms with Gasteiger partial charge in [-0.2, -0.15) is 0 Å². The van der Waals surface area contributed by atoms with Gasteiger partial charge < -0.3 is 9.47 Å². The van der Waals surface area contributed by atoms with Gasteiger partial charge in [-0.05, 0) is 41.2 Å². The van der Waals surface area contributed by atoms with E-state index in [0.717, 1.165) is 5.75 Å². The zero-order valence-electron chi connectivity index (χ0n) is 17.0. The van der Waals surface area contributed by atoms with Crippen molar-refractivity contribution in [2.45, 2.75) is 52.5 Å². The maximum atomic E-state index is 6.24. The first kappa shape index (κ1) is 19.7. The Hall–Kier alpha value is -2.10. The van der Waals surface area contributed by atoms with Crippen LogP contribution in [0.3, 0.4) is 0 Å². The van der Waals surface area contributed by atoms with Crippen molar-refractivity contribution >= 4 is 0 Å². The third-order valence-corrected chi connectivity index (χ3v) is 5.08. The van der Waals surface area contributed by atoms with Crippen LogP contribution >= 0.6 is 0 Å². The fourth-order valence-electron chi connectivity index (χ4n) is 3.42. The normalized spacial score (nSPS) is 18.6. The molecule has 0 saturated carbocycles. The smallest absolute Gasteiger partial charge is 0.119 e. The maximum absolute atomic E-state index is 6.24. The molecule has 0 aromatic heterocycles. The van der Waals surface area contributed by atoms with Gasteiger partial charge in [0, 0.05) is 6.04 Å². The molecule has 1 unspecified atom stereocenters. The summed E-state index contributed by atoms with van der Waals surface area (Å²) in [5.74, 6) is 0.870. The van der Waals surface area contributed by atoms with Crippen LogP contribution in [-0.2, 0) is 11.3 Å². The van der Waals surface area contributed by atoms with Crippen molar-refractivity contribution in [3.05, 3.63) is 77.4 Å². The SMILES string of the molecule is COc1cccc([C@H](NC2C=C2C(C)(C)C)[C@H](C)OCc2ccccc2)c1. The molecule has 3 atom stereocenters. The Morgan fingerprint density at radius 1 is 1.04 bits per heavy atom. The molecule has 1 N–H and O–H groups in total. The van der Waals surface area contributed by atoms with Crippen LogP contribution in [-0.4, -0.2) is 19.3 Å². The molecule has 0 bridgehead atoms. The molecule has 3 heteroatoms. The number of methoxy groups -OCH3 is 1. The Morgan fingerprint density at radius 3 is 2.41 bits per heavy atom. The van der Waals surface area contributed by atoms with Crippen molar-refractivity contribution in [3.8, 4) is 5.75 Å². The van der Waals surface area contributed by atoms with Gasteiger partial charge in [-0.3, -0.25) is 5.32 Å². The quantitative estimate of drug-likeness (QED) is 0.645. The molecule has 3 nitrogen and oxygen atoms in total. The minimum absolute atomic E-state index is 0.0209. The summed E-state index contributed by atoms with van der Waals surface area (Å²) >= 11 is 0. The van der Waals surface area contributed by atoms with Crippen molar-refractivity contribution in [2.75, 3.05) is 7.11 Å². The number of rotatable bonds is 8. The average molecular weight is 366 g/mol. The van der Waals surface area contributed by atoms with Crippen LogP contribution in [0.4, 0.5) is 0 Å². The predicted molar refractivity (Wildman–Crippen MR) is 111 cm³/mol. The molecule has 27 heavy (non-hydrogen) atoms. The van der Waals surface area contributed by atoms with Crippen LogP contribution in [0.2, 0.25) is 0 Å². The Bertz CT molecular complexity index is 776. The topological polar surface area (TPSA) is 30.5 Å². The zero-order chi connectivity index (χ0) is 19.4. The standard InChI is InChI=1S/C24H31NO2/c1-17(27-16-18-10-7-6-8-11-18)23(19-12-9-13-20(14-19)26-5)25-22-15-21(22)24(2,3)4/h6-15,17,22-23,25H,16H2,1-5H3/t17-,22?,23+/m0/s1. The third kappa shape index (κ3) is 5.21. The van der Waals surface area contributed by atoms with Gasteiger partial charge in [-0.25, -0.2) is 0 Å². The van der Waals surface area contributed by atoms with Gasteiger partial charge in [0.2, 0.25) is 0 Å². The van der Waals surface area contributed by atoms with E-state index in [2.05, 4.69) is 63.4 Å². The van der Waals surface area contributed by atoms with Crippen molar-refractivity contribution in [3.63, 3.8) is 0 Å². The summed E-state index contributed by atoms with van der Waals surface area (Å²) in [4.78, 5) is 0. The molecule has 1 aliphatic rings. The highest BCUT2D eigenvalue weighted by molar-refractivity contribution is 5.41. The summed E-state index contributed by atoms with van der Waals surface area (Å²) in [6.07, 6.45) is 2.34. The van der Waals surface area contributed by atoms with E-state index >= 15 is 0 Å². The molecule has 0 saturated heterocycles. The lowest BCUT2D eigenvalue weighted by atomic mass is 9.91. The maximum Gasteiger partial charge on any atom is 0.119 e. The molecule has 0 amide bonds. The number of benzene rings is 2. The van der Waals surface area contributed by atoms with Gasteiger partial charge >= 0.3 is 0 Å². The molecule has 0 heterocycles. The van der Waals surface area contributed by atoms with E-state index in [1.807, 2.05) is 30.3 Å². The Kier molecular flexibility index (Phi) is 6.03. The predicted octanol–water partition coefficient (Wildman–Crippen LogP) is 5.29. The van der Waals surface area contributed by atoms with Crippen molar-refractivity contribution in [1.29, 1.82) is 0 Å². The second-order valence-corrected chi connectivity index (χ2v) is 8.27. The summed E-state index contributed by atoms with van der Waals surface area (Å²) in [5, 5.41) is 3.78. The summed E-state index contributed by atoms with van der Waals surface area (Å²) in [5.41, 5.74) is 4.04. The second kappa shape index (κ2) is 8.28. The largest absolute Gasteiger partial charge is 0.497 e. The molecule has 144 valence electrons. The number of hydrogen-bond acceptors (Lipinski definition) is 3. The molecule has 0 spiro atoms. The minimum atomic E-state index is 0.0209. The molecule has 2 aromatic rings. The van der Waals surface area contributed by atoms with E-state index in [4.69, 9.17) is 9.47 Å². The molecule has 3 rings (SSSR count). The van der Waals surface area contributed by atoms with Crippen LogP contribution in [0.25, 0.3) is 0 Å². The van der Waals surface area contributed by atoms with Crippen molar-refractivity contribution in [2.24, 2.45) is 5.41 Å². The highest BCUT2D eigenvalue weighted by atomic mass is 16.5. The first-order valence-corrected chi connectivity index (χ1v) is 9.66. The molecule has 1 aliphatic carbocycles. The van der Waals surface area contributed by atoms with Crippen LogP contribution in [0.1, 0.15) is 44.9 Å². The molecule has 0 fully saturated rings. The monoisotopic (exact) mass is 365 g/mol. The van der Waals surface area contributed by atoms with Crippen LogP contribution in [0.15, 0.2) is 66.2 Å². The van der Waals surface area contributed by atoms with E-state index < -0.39 is 0 Å². The van der Waals surface area contributed by atoms with E-state index in [1.54, 1.807) is 7.11 Å². The molecular formula is C24H31NO2. The lowest BCUT2D eigenvalue weighted by Gasteiger charge is -2.28. The van der Waals surface area contributed by atoms with E-state index in [0.29, 0.717) is 12.6 Å². The highest BCUT2D eigenvalue weighted by Crippen LogP contribution is 2.39. The first-order valence-electron chi connectivity index (χ1n) is 9.66. The molecule has 2 aromatic carbocycles. The van der Waals surface area contributed by atoms with Gasteiger partial charge in [0.05, 0.1) is 25.9 Å². The molecule has 0 aliphatic heterocycles. The van der Waals surface area contributed by atoms with Crippen molar-refractivity contribution in [1.82, 2.24) is 5.32 Å². The van der Waals surface area contributed by atoms with E-state index in [1.165, 1.54) is 16.7 Å². The summed E-state index contributed by atoms with van der Waals surface area (Å²) in [7, 11) is 1.71. The minimum Gasteiger partial charge on any atom is -0.497 e. The summed E-state index contributed by atoms with van der Waals surface area (Å²) in [6.45, 7) is 9.52. The third-order valence-electron chi connectivity index (χ3n) is 5.08. The Morgan fingerprint density at radius 2 is 1.78 bits per heavy atom. The molecular weight excluding hydrogens is 334 g/mol. The Labute approximate surface area is 163 Å². The number of hydrogen-bond donors (Lipinski definition) is 1. The zero-order valence-corrected chi connectivity index (χ0v) is 17.0. The van der Waals surface area contributed by atoms with Gasteiger partial charge in [0.1, 0.15) is 5.75 Å². The molecule has 0 radical (unpaired) electrons. The number of nitrogens with one attached hydrogen (secondary N) is 1. The average Bonchev–Trinajstić information content (AvgIpc) is 3.45. The lowest BCUT2D eigenvalue weighted by Crippen LogP contribution is -2.35. The lowest BCUT2D eigenvalue weighted by molar-refractivity contribution is 0.0261. The second-order valence-electron chi connectivity index (χ2n) is 8.27. The van der Waals surface area contributed by atoms with E-state index in [9.17, 15) is 0 Å². The summed E-state index contributed by atoms with van der Waals surface area (Å²) in [6, 6.07) is 19.0. The Balaban J connectivity index is 1.72. The number of ether oxygens (including phenoxy) is 2. The van der Waals surface area contributed by atoms with Gasteiger partial charge in [-0.1, -0.05) is 69.3 Å². The fourth-order valence-corrected chi connectivity index (χ4v) is 3.42. The van der Waals surface area contributed by atoms with Crippen LogP contribution < -0.4 is 10.1 Å². The van der Waals surface area contributed by atoms with Gasteiger partial charge in [0.15, 0.2) is 0 Å². The highest BCUT2D eigenvalue weighted by Gasteiger charge is 2.36. The first-order chi connectivity index (χ1) is 12.9. The van der Waals surface area contributed by atoms with E-state index in [-0.39, 0.29) is 17.6 Å². The van der Waals surface area contributed by atoms with Gasteiger partial charge in [0.25, 0.3) is 0 Å². The van der Waals surface area contributed by atoms with Gasteiger partial charge in [-0.15, -0.1) is 0 Å². The summed E-state index contributed by atoms with van der Waals surface area (Å²) < 4.78 is 11.7.